The number of H-pyrrole nitrogens is 1. The highest BCUT2D eigenvalue weighted by Crippen LogP contribution is 2.15. The van der Waals surface area contributed by atoms with Gasteiger partial charge in [0.1, 0.15) is 4.90 Å². The van der Waals surface area contributed by atoms with Crippen molar-refractivity contribution >= 4 is 15.9 Å². The molecule has 114 valence electrons. The molecule has 10 heteroatoms. The van der Waals surface area contributed by atoms with E-state index in [1.807, 2.05) is 0 Å². The molecule has 0 radical (unpaired) electrons. The third-order valence-corrected chi connectivity index (χ3v) is 3.42. The standard InChI is InChI=1S/C10H18N4O5S/c1-7-9(20(11,16)17)8(14-13-7)10(15)12-3-4-19-6-5-18-2/h3-6H2,1-2H3,(H,12,15)(H,13,14)(H2,11,16,17). The molecule has 1 aromatic rings. The van der Waals surface area contributed by atoms with E-state index in [0.29, 0.717) is 13.2 Å². The van der Waals surface area contributed by atoms with Crippen LogP contribution in [0.25, 0.3) is 0 Å². The fourth-order valence-corrected chi connectivity index (χ4v) is 2.37. The van der Waals surface area contributed by atoms with Crippen LogP contribution in [0.5, 0.6) is 0 Å². The average Bonchev–Trinajstić information content (AvgIpc) is 2.75. The van der Waals surface area contributed by atoms with E-state index in [9.17, 15) is 13.2 Å². The summed E-state index contributed by atoms with van der Waals surface area (Å²) in [7, 11) is -2.46. The highest BCUT2D eigenvalue weighted by molar-refractivity contribution is 7.89. The lowest BCUT2D eigenvalue weighted by atomic mass is 10.3. The van der Waals surface area contributed by atoms with Gasteiger partial charge in [0.05, 0.1) is 25.5 Å². The molecule has 0 aliphatic carbocycles. The zero-order chi connectivity index (χ0) is 15.2. The molecule has 9 nitrogen and oxygen atoms in total. The molecular weight excluding hydrogens is 288 g/mol. The maximum atomic E-state index is 11.8. The summed E-state index contributed by atoms with van der Waals surface area (Å²) < 4.78 is 32.7. The van der Waals surface area contributed by atoms with E-state index < -0.39 is 15.9 Å². The highest BCUT2D eigenvalue weighted by atomic mass is 32.2. The van der Waals surface area contributed by atoms with E-state index >= 15 is 0 Å². The molecule has 1 heterocycles. The molecule has 0 aliphatic heterocycles. The van der Waals surface area contributed by atoms with Crippen LogP contribution in [-0.4, -0.2) is 58.0 Å². The molecule has 4 N–H and O–H groups in total. The lowest BCUT2D eigenvalue weighted by Crippen LogP contribution is -2.30. The first-order valence-electron chi connectivity index (χ1n) is 5.80. The van der Waals surface area contributed by atoms with Gasteiger partial charge >= 0.3 is 0 Å². The number of ether oxygens (including phenoxy) is 2. The van der Waals surface area contributed by atoms with Gasteiger partial charge in [0.15, 0.2) is 5.69 Å². The van der Waals surface area contributed by atoms with Gasteiger partial charge in [0.2, 0.25) is 10.0 Å². The second-order valence-corrected chi connectivity index (χ2v) is 5.43. The van der Waals surface area contributed by atoms with Crippen molar-refractivity contribution in [3.05, 3.63) is 11.4 Å². The van der Waals surface area contributed by atoms with Gasteiger partial charge in [-0.25, -0.2) is 13.6 Å². The van der Waals surface area contributed by atoms with Crippen LogP contribution in [0.1, 0.15) is 16.2 Å². The SMILES string of the molecule is COCCOCCNC(=O)c1n[nH]c(C)c1S(N)(=O)=O. The zero-order valence-electron chi connectivity index (χ0n) is 11.3. The number of nitrogens with zero attached hydrogens (tertiary/aromatic N) is 1. The molecular formula is C10H18N4O5S. The summed E-state index contributed by atoms with van der Waals surface area (Å²) in [6.07, 6.45) is 0. The molecule has 0 saturated heterocycles. The van der Waals surface area contributed by atoms with E-state index in [-0.39, 0.29) is 29.4 Å². The first kappa shape index (κ1) is 16.6. The monoisotopic (exact) mass is 306 g/mol. The number of nitrogens with two attached hydrogens (primary N) is 1. The van der Waals surface area contributed by atoms with E-state index in [2.05, 4.69) is 15.5 Å². The highest BCUT2D eigenvalue weighted by Gasteiger charge is 2.25. The summed E-state index contributed by atoms with van der Waals surface area (Å²) in [6.45, 7) is 2.84. The molecule has 20 heavy (non-hydrogen) atoms. The van der Waals surface area contributed by atoms with Crippen LogP contribution >= 0.6 is 0 Å². The molecule has 0 saturated carbocycles. The molecule has 0 atom stereocenters. The van der Waals surface area contributed by atoms with Crippen LogP contribution in [0, 0.1) is 6.92 Å². The number of sulfonamides is 1. The van der Waals surface area contributed by atoms with Crippen molar-refractivity contribution < 1.29 is 22.7 Å². The number of hydrogen-bond donors (Lipinski definition) is 3. The van der Waals surface area contributed by atoms with Gasteiger partial charge in [-0.15, -0.1) is 0 Å². The number of aromatic nitrogens is 2. The number of rotatable bonds is 8. The fourth-order valence-electron chi connectivity index (χ4n) is 1.49. The summed E-state index contributed by atoms with van der Waals surface area (Å²) in [5, 5.41) is 13.6. The predicted molar refractivity (Wildman–Crippen MR) is 69.7 cm³/mol. The van der Waals surface area contributed by atoms with Crippen molar-refractivity contribution in [3.8, 4) is 0 Å². The van der Waals surface area contributed by atoms with Gasteiger partial charge in [0, 0.05) is 13.7 Å². The van der Waals surface area contributed by atoms with Crippen LogP contribution in [0.2, 0.25) is 0 Å². The fraction of sp³-hybridized carbons (Fsp3) is 0.600. The van der Waals surface area contributed by atoms with Crippen molar-refractivity contribution in [2.45, 2.75) is 11.8 Å². The smallest absolute Gasteiger partial charge is 0.273 e. The Morgan fingerprint density at radius 2 is 2.10 bits per heavy atom. The summed E-state index contributed by atoms with van der Waals surface area (Å²) in [5.41, 5.74) is -0.0316. The number of aromatic amines is 1. The van der Waals surface area contributed by atoms with Gasteiger partial charge in [-0.05, 0) is 6.92 Å². The summed E-state index contributed by atoms with van der Waals surface area (Å²) in [4.78, 5) is 11.5. The molecule has 0 aromatic carbocycles. The number of amides is 1. The molecule has 1 aromatic heterocycles. The topological polar surface area (TPSA) is 136 Å². The van der Waals surface area contributed by atoms with Crippen LogP contribution in [0.4, 0.5) is 0 Å². The quantitative estimate of drug-likeness (QED) is 0.514. The lowest BCUT2D eigenvalue weighted by Gasteiger charge is -2.05. The Balaban J connectivity index is 2.57. The number of aryl methyl sites for hydroxylation is 1. The Kier molecular flexibility index (Phi) is 6.07. The minimum atomic E-state index is -4.01. The van der Waals surface area contributed by atoms with Gasteiger partial charge in [0.25, 0.3) is 5.91 Å². The minimum Gasteiger partial charge on any atom is -0.382 e. The minimum absolute atomic E-state index is 0.217. The van der Waals surface area contributed by atoms with Gasteiger partial charge in [-0.1, -0.05) is 0 Å². The molecule has 0 unspecified atom stereocenters. The van der Waals surface area contributed by atoms with Crippen LogP contribution in [-0.2, 0) is 19.5 Å². The molecule has 0 spiro atoms. The molecule has 1 rings (SSSR count). The first-order valence-corrected chi connectivity index (χ1v) is 7.35. The third-order valence-electron chi connectivity index (χ3n) is 2.35. The van der Waals surface area contributed by atoms with Crippen molar-refractivity contribution in [3.63, 3.8) is 0 Å². The van der Waals surface area contributed by atoms with Gasteiger partial charge in [-0.2, -0.15) is 5.10 Å². The number of carbonyl (C=O) groups is 1. The van der Waals surface area contributed by atoms with Gasteiger partial charge in [-0.3, -0.25) is 9.89 Å². The van der Waals surface area contributed by atoms with E-state index in [1.54, 1.807) is 7.11 Å². The van der Waals surface area contributed by atoms with Crippen molar-refractivity contribution in [1.29, 1.82) is 0 Å². The largest absolute Gasteiger partial charge is 0.382 e. The van der Waals surface area contributed by atoms with Crippen LogP contribution < -0.4 is 10.5 Å². The Hall–Kier alpha value is -1.49. The summed E-state index contributed by atoms with van der Waals surface area (Å²) >= 11 is 0. The second kappa shape index (κ2) is 7.33. The van der Waals surface area contributed by atoms with E-state index in [1.165, 1.54) is 6.92 Å². The zero-order valence-corrected chi connectivity index (χ0v) is 12.1. The first-order chi connectivity index (χ1) is 9.38. The Labute approximate surface area is 116 Å². The third kappa shape index (κ3) is 4.56. The summed E-state index contributed by atoms with van der Waals surface area (Å²) in [5.74, 6) is -0.631. The number of hydrogen-bond acceptors (Lipinski definition) is 6. The predicted octanol–water partition coefficient (Wildman–Crippen LogP) is -1.24. The number of carbonyl (C=O) groups excluding carboxylic acids is 1. The normalized spacial score (nSPS) is 11.6. The van der Waals surface area contributed by atoms with Crippen LogP contribution in [0.3, 0.4) is 0 Å². The Morgan fingerprint density at radius 3 is 2.70 bits per heavy atom. The maximum Gasteiger partial charge on any atom is 0.273 e. The van der Waals surface area contributed by atoms with Crippen molar-refractivity contribution in [1.82, 2.24) is 15.5 Å². The lowest BCUT2D eigenvalue weighted by molar-refractivity contribution is 0.0691. The second-order valence-electron chi connectivity index (χ2n) is 3.93. The number of primary sulfonamides is 1. The molecule has 1 amide bonds. The number of nitrogens with one attached hydrogen (secondary N) is 2. The maximum absolute atomic E-state index is 11.8. The van der Waals surface area contributed by atoms with Crippen molar-refractivity contribution in [2.24, 2.45) is 5.14 Å². The summed E-state index contributed by atoms with van der Waals surface area (Å²) in [6, 6.07) is 0. The van der Waals surface area contributed by atoms with E-state index in [4.69, 9.17) is 14.6 Å². The molecule has 0 aliphatic rings. The van der Waals surface area contributed by atoms with E-state index in [0.717, 1.165) is 0 Å². The number of methoxy groups -OCH3 is 1. The van der Waals surface area contributed by atoms with Crippen molar-refractivity contribution in [2.75, 3.05) is 33.5 Å². The average molecular weight is 306 g/mol. The van der Waals surface area contributed by atoms with Gasteiger partial charge < -0.3 is 14.8 Å². The Bertz CT molecular complexity index is 554. The molecule has 0 bridgehead atoms. The Morgan fingerprint density at radius 1 is 1.40 bits per heavy atom. The molecule has 0 fully saturated rings. The van der Waals surface area contributed by atoms with Crippen LogP contribution in [0.15, 0.2) is 4.90 Å².